The molecule has 2 aliphatic heterocycles. The minimum Gasteiger partial charge on any atom is -0.497 e. The average Bonchev–Trinajstić information content (AvgIpc) is 2.97. The summed E-state index contributed by atoms with van der Waals surface area (Å²) < 4.78 is 15.9. The van der Waals surface area contributed by atoms with Crippen LogP contribution >= 0.6 is 0 Å². The maximum Gasteiger partial charge on any atom is 0.317 e. The molecule has 0 bridgehead atoms. The van der Waals surface area contributed by atoms with Crippen LogP contribution in [0.4, 0.5) is 4.79 Å². The summed E-state index contributed by atoms with van der Waals surface area (Å²) in [7, 11) is 3.21. The lowest BCUT2D eigenvalue weighted by Crippen LogP contribution is -2.46. The number of ether oxygens (including phenoxy) is 3. The Hall–Kier alpha value is -2.03. The Morgan fingerprint density at radius 3 is 2.52 bits per heavy atom. The third-order valence-corrected chi connectivity index (χ3v) is 5.16. The van der Waals surface area contributed by atoms with Gasteiger partial charge in [0.05, 0.1) is 39.6 Å². The van der Waals surface area contributed by atoms with Crippen molar-refractivity contribution in [1.82, 2.24) is 15.1 Å². The van der Waals surface area contributed by atoms with Gasteiger partial charge in [0, 0.05) is 38.8 Å². The molecule has 8 heteroatoms. The highest BCUT2D eigenvalue weighted by Crippen LogP contribution is 2.22. The Morgan fingerprint density at radius 2 is 1.89 bits per heavy atom. The molecule has 2 unspecified atom stereocenters. The molecule has 0 radical (unpaired) electrons. The number of aliphatic hydroxyl groups is 1. The zero-order chi connectivity index (χ0) is 19.2. The van der Waals surface area contributed by atoms with Gasteiger partial charge >= 0.3 is 6.03 Å². The van der Waals surface area contributed by atoms with Crippen molar-refractivity contribution in [3.8, 4) is 11.5 Å². The number of amides is 2. The molecule has 2 N–H and O–H groups in total. The lowest BCUT2D eigenvalue weighted by atomic mass is 10.2. The predicted octanol–water partition coefficient (Wildman–Crippen LogP) is 0.681. The number of carbonyl (C=O) groups excluding carboxylic acids is 1. The van der Waals surface area contributed by atoms with Gasteiger partial charge < -0.3 is 29.5 Å². The van der Waals surface area contributed by atoms with Crippen LogP contribution in [0.3, 0.4) is 0 Å². The Kier molecular flexibility index (Phi) is 6.76. The molecule has 1 aromatic carbocycles. The van der Waals surface area contributed by atoms with Crippen molar-refractivity contribution in [2.24, 2.45) is 0 Å². The molecule has 8 nitrogen and oxygen atoms in total. The highest BCUT2D eigenvalue weighted by molar-refractivity contribution is 5.74. The molecule has 2 atom stereocenters. The molecule has 2 aliphatic rings. The first kappa shape index (κ1) is 19.7. The molecule has 2 amide bonds. The van der Waals surface area contributed by atoms with Crippen molar-refractivity contribution in [3.05, 3.63) is 23.8 Å². The van der Waals surface area contributed by atoms with E-state index < -0.39 is 6.10 Å². The molecule has 2 heterocycles. The number of benzene rings is 1. The third-order valence-electron chi connectivity index (χ3n) is 5.16. The van der Waals surface area contributed by atoms with Crippen molar-refractivity contribution in [3.63, 3.8) is 0 Å². The zero-order valence-electron chi connectivity index (χ0n) is 16.0. The molecule has 3 rings (SSSR count). The fourth-order valence-corrected chi connectivity index (χ4v) is 3.61. The minimum atomic E-state index is -0.437. The summed E-state index contributed by atoms with van der Waals surface area (Å²) >= 11 is 0. The van der Waals surface area contributed by atoms with Gasteiger partial charge in [-0.05, 0) is 24.1 Å². The van der Waals surface area contributed by atoms with Crippen molar-refractivity contribution < 1.29 is 24.1 Å². The molecule has 150 valence electrons. The number of hydrogen-bond donors (Lipinski definition) is 2. The zero-order valence-corrected chi connectivity index (χ0v) is 16.0. The Balaban J connectivity index is 1.52. The number of hydrogen-bond acceptors (Lipinski definition) is 6. The van der Waals surface area contributed by atoms with E-state index in [-0.39, 0.29) is 12.1 Å². The van der Waals surface area contributed by atoms with Crippen LogP contribution in [0, 0.1) is 0 Å². The highest BCUT2D eigenvalue weighted by atomic mass is 16.5. The van der Waals surface area contributed by atoms with Crippen molar-refractivity contribution in [2.75, 3.05) is 53.6 Å². The van der Waals surface area contributed by atoms with Gasteiger partial charge in [-0.1, -0.05) is 0 Å². The topological polar surface area (TPSA) is 83.5 Å². The smallest absolute Gasteiger partial charge is 0.317 e. The van der Waals surface area contributed by atoms with Crippen molar-refractivity contribution >= 4 is 6.03 Å². The highest BCUT2D eigenvalue weighted by Gasteiger charge is 2.33. The van der Waals surface area contributed by atoms with Gasteiger partial charge in [-0.15, -0.1) is 0 Å². The first-order valence-corrected chi connectivity index (χ1v) is 9.35. The maximum absolute atomic E-state index is 12.6. The summed E-state index contributed by atoms with van der Waals surface area (Å²) in [5.74, 6) is 1.39. The molecule has 0 saturated carbocycles. The van der Waals surface area contributed by atoms with E-state index in [1.54, 1.807) is 20.3 Å². The molecular weight excluding hydrogens is 350 g/mol. The van der Waals surface area contributed by atoms with Crippen LogP contribution in [0.1, 0.15) is 12.0 Å². The number of nitrogens with zero attached hydrogens (tertiary/aromatic N) is 2. The average molecular weight is 379 g/mol. The first-order valence-electron chi connectivity index (χ1n) is 9.35. The van der Waals surface area contributed by atoms with Gasteiger partial charge in [0.2, 0.25) is 0 Å². The molecule has 0 aromatic heterocycles. The van der Waals surface area contributed by atoms with Gasteiger partial charge in [0.25, 0.3) is 0 Å². The van der Waals surface area contributed by atoms with E-state index >= 15 is 0 Å². The van der Waals surface area contributed by atoms with E-state index in [1.165, 1.54) is 0 Å². The predicted molar refractivity (Wildman–Crippen MR) is 100 cm³/mol. The summed E-state index contributed by atoms with van der Waals surface area (Å²) in [5, 5.41) is 13.0. The van der Waals surface area contributed by atoms with Crippen LogP contribution in [0.2, 0.25) is 0 Å². The minimum absolute atomic E-state index is 0.0391. The third kappa shape index (κ3) is 5.03. The van der Waals surface area contributed by atoms with E-state index in [0.29, 0.717) is 44.3 Å². The maximum atomic E-state index is 12.6. The summed E-state index contributed by atoms with van der Waals surface area (Å²) in [6, 6.07) is 5.53. The molecule has 2 fully saturated rings. The largest absolute Gasteiger partial charge is 0.497 e. The second-order valence-electron chi connectivity index (χ2n) is 6.93. The van der Waals surface area contributed by atoms with Gasteiger partial charge in [0.1, 0.15) is 11.5 Å². The lowest BCUT2D eigenvalue weighted by molar-refractivity contribution is 0.0844. The van der Waals surface area contributed by atoms with Crippen LogP contribution in [0.5, 0.6) is 11.5 Å². The van der Waals surface area contributed by atoms with E-state index in [2.05, 4.69) is 10.2 Å². The number of urea groups is 1. The molecule has 0 aliphatic carbocycles. The molecule has 1 aromatic rings. The van der Waals surface area contributed by atoms with E-state index in [9.17, 15) is 9.90 Å². The van der Waals surface area contributed by atoms with Crippen LogP contribution in [0.15, 0.2) is 18.2 Å². The van der Waals surface area contributed by atoms with Gasteiger partial charge in [-0.3, -0.25) is 4.90 Å². The second kappa shape index (κ2) is 9.25. The number of nitrogens with one attached hydrogen (secondary N) is 1. The lowest BCUT2D eigenvalue weighted by Gasteiger charge is -2.28. The number of carbonyl (C=O) groups is 1. The van der Waals surface area contributed by atoms with Gasteiger partial charge in [-0.25, -0.2) is 4.79 Å². The van der Waals surface area contributed by atoms with E-state index in [4.69, 9.17) is 14.2 Å². The Bertz CT molecular complexity index is 620. The monoisotopic (exact) mass is 379 g/mol. The van der Waals surface area contributed by atoms with Crippen LogP contribution in [0.25, 0.3) is 0 Å². The SMILES string of the molecule is COc1cc(CNC(=O)N2CCCN(C3COCC3O)CC2)cc(OC)c1. The Morgan fingerprint density at radius 1 is 1.15 bits per heavy atom. The summed E-state index contributed by atoms with van der Waals surface area (Å²) in [4.78, 5) is 16.7. The fourth-order valence-electron chi connectivity index (χ4n) is 3.61. The standard InChI is InChI=1S/C19H29N3O5/c1-25-15-8-14(9-16(10-15)26-2)11-20-19(24)22-5-3-4-21(6-7-22)17-12-27-13-18(17)23/h8-10,17-18,23H,3-7,11-13H2,1-2H3,(H,20,24). The van der Waals surface area contributed by atoms with Crippen molar-refractivity contribution in [1.29, 1.82) is 0 Å². The van der Waals surface area contributed by atoms with Crippen LogP contribution in [-0.4, -0.2) is 86.7 Å². The number of aliphatic hydroxyl groups excluding tert-OH is 1. The van der Waals surface area contributed by atoms with Crippen molar-refractivity contribution in [2.45, 2.75) is 25.1 Å². The molecule has 0 spiro atoms. The molecular formula is C19H29N3O5. The first-order chi connectivity index (χ1) is 13.1. The van der Waals surface area contributed by atoms with Gasteiger partial charge in [-0.2, -0.15) is 0 Å². The second-order valence-corrected chi connectivity index (χ2v) is 6.93. The van der Waals surface area contributed by atoms with Gasteiger partial charge in [0.15, 0.2) is 0 Å². The normalized spacial score (nSPS) is 23.7. The summed E-state index contributed by atoms with van der Waals surface area (Å²) in [6.07, 6.45) is 0.442. The molecule has 2 saturated heterocycles. The quantitative estimate of drug-likeness (QED) is 0.783. The summed E-state index contributed by atoms with van der Waals surface area (Å²) in [5.41, 5.74) is 0.919. The number of rotatable bonds is 5. The number of methoxy groups -OCH3 is 2. The Labute approximate surface area is 160 Å². The van der Waals surface area contributed by atoms with E-state index in [1.807, 2.05) is 17.0 Å². The summed E-state index contributed by atoms with van der Waals surface area (Å²) in [6.45, 7) is 4.31. The van der Waals surface area contributed by atoms with E-state index in [0.717, 1.165) is 25.1 Å². The van der Waals surface area contributed by atoms with Crippen LogP contribution < -0.4 is 14.8 Å². The van der Waals surface area contributed by atoms with Crippen LogP contribution in [-0.2, 0) is 11.3 Å². The molecule has 27 heavy (non-hydrogen) atoms. The fraction of sp³-hybridized carbons (Fsp3) is 0.632.